The minimum atomic E-state index is -0.542. The number of ether oxygens (including phenoxy) is 3. The van der Waals surface area contributed by atoms with E-state index in [2.05, 4.69) is 13.8 Å². The molecule has 4 saturated carbocycles. The molecule has 33 heavy (non-hydrogen) atoms. The fourth-order valence-corrected chi connectivity index (χ4v) is 8.73. The molecule has 0 aromatic carbocycles. The van der Waals surface area contributed by atoms with Crippen molar-refractivity contribution in [3.63, 3.8) is 0 Å². The molecule has 0 bridgehead atoms. The van der Waals surface area contributed by atoms with E-state index in [1.807, 2.05) is 20.8 Å². The predicted octanol–water partition coefficient (Wildman–Crippen LogP) is 5.43. The Balaban J connectivity index is 1.44. The van der Waals surface area contributed by atoms with Gasteiger partial charge in [-0.05, 0) is 94.8 Å². The second-order valence-electron chi connectivity index (χ2n) is 13.0. The lowest BCUT2D eigenvalue weighted by Crippen LogP contribution is -2.63. The van der Waals surface area contributed by atoms with E-state index in [0.29, 0.717) is 36.9 Å². The van der Waals surface area contributed by atoms with E-state index < -0.39 is 5.79 Å². The van der Waals surface area contributed by atoms with Crippen LogP contribution in [0.2, 0.25) is 0 Å². The van der Waals surface area contributed by atoms with Crippen LogP contribution in [-0.2, 0) is 28.8 Å². The van der Waals surface area contributed by atoms with Crippen LogP contribution < -0.4 is 0 Å². The highest BCUT2D eigenvalue weighted by molar-refractivity contribution is 5.66. The normalized spacial score (nSPS) is 46.5. The first kappa shape index (κ1) is 24.0. The Kier molecular flexibility index (Phi) is 5.95. The third kappa shape index (κ3) is 3.78. The molecule has 1 aliphatic heterocycles. The molecule has 6 nitrogen and oxygen atoms in total. The van der Waals surface area contributed by atoms with Crippen LogP contribution in [0.4, 0.5) is 0 Å². The van der Waals surface area contributed by atoms with Gasteiger partial charge in [0.1, 0.15) is 12.2 Å². The molecule has 0 aromatic heterocycles. The average molecular weight is 465 g/mol. The molecule has 1 heterocycles. The van der Waals surface area contributed by atoms with Gasteiger partial charge in [-0.25, -0.2) is 9.78 Å². The summed E-state index contributed by atoms with van der Waals surface area (Å²) < 4.78 is 18.4. The Morgan fingerprint density at radius 2 is 1.67 bits per heavy atom. The van der Waals surface area contributed by atoms with Crippen LogP contribution in [0.1, 0.15) is 92.9 Å². The maximum atomic E-state index is 11.6. The minimum Gasteiger partial charge on any atom is -0.463 e. The Morgan fingerprint density at radius 1 is 0.939 bits per heavy atom. The van der Waals surface area contributed by atoms with E-state index in [4.69, 9.17) is 24.0 Å². The van der Waals surface area contributed by atoms with Gasteiger partial charge in [0.2, 0.25) is 0 Å². The molecule has 0 amide bonds. The highest BCUT2D eigenvalue weighted by atomic mass is 17.2. The predicted molar refractivity (Wildman–Crippen MR) is 123 cm³/mol. The van der Waals surface area contributed by atoms with Gasteiger partial charge in [-0.15, -0.1) is 0 Å². The van der Waals surface area contributed by atoms with Crippen LogP contribution in [0.25, 0.3) is 0 Å². The van der Waals surface area contributed by atoms with Crippen molar-refractivity contribution in [2.24, 2.45) is 34.5 Å². The van der Waals surface area contributed by atoms with Crippen LogP contribution in [0.3, 0.4) is 0 Å². The number of hydrogen-bond acceptors (Lipinski definition) is 6. The summed E-state index contributed by atoms with van der Waals surface area (Å²) in [5, 5.41) is 0. The van der Waals surface area contributed by atoms with Crippen LogP contribution in [0.5, 0.6) is 0 Å². The second-order valence-corrected chi connectivity index (χ2v) is 13.0. The van der Waals surface area contributed by atoms with Crippen molar-refractivity contribution in [3.05, 3.63) is 0 Å². The van der Waals surface area contributed by atoms with Crippen molar-refractivity contribution in [3.8, 4) is 0 Å². The summed E-state index contributed by atoms with van der Waals surface area (Å²) in [7, 11) is 0. The third-order valence-corrected chi connectivity index (χ3v) is 10.2. The van der Waals surface area contributed by atoms with Crippen molar-refractivity contribution < 1.29 is 28.8 Å². The number of fused-ring (bicyclic) bond motifs is 6. The van der Waals surface area contributed by atoms with Gasteiger partial charge < -0.3 is 14.2 Å². The van der Waals surface area contributed by atoms with Crippen LogP contribution in [0, 0.1) is 34.5 Å². The molecule has 5 aliphatic rings. The second kappa shape index (κ2) is 8.18. The van der Waals surface area contributed by atoms with E-state index in [9.17, 15) is 4.79 Å². The van der Waals surface area contributed by atoms with Crippen LogP contribution in [-0.4, -0.2) is 42.8 Å². The lowest BCUT2D eigenvalue weighted by atomic mass is 9.44. The molecule has 1 spiro atoms. The van der Waals surface area contributed by atoms with E-state index in [1.165, 1.54) is 19.8 Å². The first-order valence-electron chi connectivity index (χ1n) is 13.3. The van der Waals surface area contributed by atoms with Gasteiger partial charge in [-0.2, -0.15) is 0 Å². The number of carbonyl (C=O) groups excluding carboxylic acids is 1. The molecule has 0 aromatic rings. The van der Waals surface area contributed by atoms with Crippen molar-refractivity contribution >= 4 is 5.97 Å². The largest absolute Gasteiger partial charge is 0.463 e. The standard InChI is InChI=1S/C27H44O6/c1-17(28)31-19-9-11-25(5)18(15-19)7-8-20-21-10-12-27(29-13-14-30-27)26(21,6)23(16-22(20)25)32-33-24(2,3)4/h18-23H,7-16H2,1-6H3. The van der Waals surface area contributed by atoms with E-state index >= 15 is 0 Å². The fourth-order valence-electron chi connectivity index (χ4n) is 8.73. The first-order chi connectivity index (χ1) is 15.5. The molecule has 188 valence electrons. The quantitative estimate of drug-likeness (QED) is 0.315. The molecule has 4 aliphatic carbocycles. The molecule has 6 heteroatoms. The van der Waals surface area contributed by atoms with Crippen molar-refractivity contribution in [2.45, 2.75) is 117 Å². The lowest BCUT2D eigenvalue weighted by molar-refractivity contribution is -0.420. The molecule has 5 rings (SSSR count). The summed E-state index contributed by atoms with van der Waals surface area (Å²) in [6.45, 7) is 13.9. The number of rotatable bonds is 3. The summed E-state index contributed by atoms with van der Waals surface area (Å²) in [4.78, 5) is 23.9. The van der Waals surface area contributed by atoms with Gasteiger partial charge in [0.25, 0.3) is 0 Å². The number of hydrogen-bond donors (Lipinski definition) is 0. The molecule has 0 N–H and O–H groups in total. The molecule has 8 atom stereocenters. The molecule has 0 radical (unpaired) electrons. The van der Waals surface area contributed by atoms with Crippen LogP contribution in [0.15, 0.2) is 0 Å². The van der Waals surface area contributed by atoms with Crippen LogP contribution >= 0.6 is 0 Å². The van der Waals surface area contributed by atoms with E-state index in [1.54, 1.807) is 0 Å². The Hall–Kier alpha value is -0.690. The van der Waals surface area contributed by atoms with Crippen molar-refractivity contribution in [1.29, 1.82) is 0 Å². The summed E-state index contributed by atoms with van der Waals surface area (Å²) in [5.74, 6) is 1.65. The minimum absolute atomic E-state index is 0.0645. The Bertz CT molecular complexity index is 754. The fraction of sp³-hybridized carbons (Fsp3) is 0.963. The van der Waals surface area contributed by atoms with Crippen molar-refractivity contribution in [2.75, 3.05) is 13.2 Å². The third-order valence-electron chi connectivity index (χ3n) is 10.2. The summed E-state index contributed by atoms with van der Waals surface area (Å²) in [5.41, 5.74) is -0.335. The summed E-state index contributed by atoms with van der Waals surface area (Å²) in [6.07, 6.45) is 8.62. The SMILES string of the molecule is CC(=O)OC1CCC2(C)C(CCC3C2CC(OOC(C)(C)C)C2(C)C3CCC23OCCO3)C1. The maximum Gasteiger partial charge on any atom is 0.302 e. The summed E-state index contributed by atoms with van der Waals surface area (Å²) in [6, 6.07) is 0. The molecule has 1 saturated heterocycles. The van der Waals surface area contributed by atoms with E-state index in [-0.39, 0.29) is 34.6 Å². The molecule has 8 unspecified atom stereocenters. The van der Waals surface area contributed by atoms with Gasteiger partial charge >= 0.3 is 5.97 Å². The smallest absolute Gasteiger partial charge is 0.302 e. The average Bonchev–Trinajstić information content (AvgIpc) is 3.32. The maximum absolute atomic E-state index is 11.6. The molecular formula is C27H44O6. The Labute approximate surface area is 199 Å². The number of carbonyl (C=O) groups is 1. The lowest BCUT2D eigenvalue weighted by Gasteiger charge is -2.63. The van der Waals surface area contributed by atoms with Gasteiger partial charge in [0, 0.05) is 13.3 Å². The van der Waals surface area contributed by atoms with Gasteiger partial charge in [0.05, 0.1) is 24.2 Å². The molecule has 5 fully saturated rings. The van der Waals surface area contributed by atoms with Gasteiger partial charge in [-0.1, -0.05) is 13.8 Å². The zero-order valence-corrected chi connectivity index (χ0v) is 21.5. The Morgan fingerprint density at radius 3 is 2.33 bits per heavy atom. The topological polar surface area (TPSA) is 63.2 Å². The highest BCUT2D eigenvalue weighted by Gasteiger charge is 2.71. The van der Waals surface area contributed by atoms with Gasteiger partial charge in [0.15, 0.2) is 5.79 Å². The zero-order valence-electron chi connectivity index (χ0n) is 21.5. The van der Waals surface area contributed by atoms with Crippen molar-refractivity contribution in [1.82, 2.24) is 0 Å². The number of esters is 1. The molecular weight excluding hydrogens is 420 g/mol. The monoisotopic (exact) mass is 464 g/mol. The van der Waals surface area contributed by atoms with E-state index in [0.717, 1.165) is 38.5 Å². The zero-order chi connectivity index (χ0) is 23.6. The summed E-state index contributed by atoms with van der Waals surface area (Å²) >= 11 is 0. The first-order valence-corrected chi connectivity index (χ1v) is 13.3. The van der Waals surface area contributed by atoms with Gasteiger partial charge in [-0.3, -0.25) is 4.79 Å². The highest BCUT2D eigenvalue weighted by Crippen LogP contribution is 2.70.